The van der Waals surface area contributed by atoms with Crippen molar-refractivity contribution in [1.29, 1.82) is 0 Å². The summed E-state index contributed by atoms with van der Waals surface area (Å²) in [5.41, 5.74) is 0.986. The van der Waals surface area contributed by atoms with E-state index in [2.05, 4.69) is 27.4 Å². The maximum atomic E-state index is 12.7. The minimum absolute atomic E-state index is 0.325. The Morgan fingerprint density at radius 1 is 0.909 bits per heavy atom. The van der Waals surface area contributed by atoms with Gasteiger partial charge in [0.05, 0.1) is 0 Å². The molecule has 0 amide bonds. The predicted octanol–water partition coefficient (Wildman–Crippen LogP) is 5.76. The van der Waals surface area contributed by atoms with E-state index in [1.165, 1.54) is 51.8 Å². The fourth-order valence-electron chi connectivity index (χ4n) is 3.12. The van der Waals surface area contributed by atoms with Crippen LogP contribution in [0.5, 0.6) is 0 Å². The quantitative estimate of drug-likeness (QED) is 0.256. The molecule has 0 aliphatic rings. The van der Waals surface area contributed by atoms with E-state index in [-0.39, 0.29) is 0 Å². The summed E-state index contributed by atoms with van der Waals surface area (Å²) in [6.07, 6.45) is 7.94. The predicted molar refractivity (Wildman–Crippen MR) is 103 cm³/mol. The summed E-state index contributed by atoms with van der Waals surface area (Å²) in [6.45, 7) is 12.5. The summed E-state index contributed by atoms with van der Waals surface area (Å²) in [6, 6.07) is 0. The van der Waals surface area contributed by atoms with Crippen molar-refractivity contribution in [2.45, 2.75) is 86.0 Å². The van der Waals surface area contributed by atoms with Gasteiger partial charge in [0.25, 0.3) is 0 Å². The van der Waals surface area contributed by atoms with Gasteiger partial charge in [0.2, 0.25) is 0 Å². The molecule has 0 radical (unpaired) electrons. The first-order chi connectivity index (χ1) is 10.3. The van der Waals surface area contributed by atoms with Crippen LogP contribution in [0, 0.1) is 0 Å². The van der Waals surface area contributed by atoms with Crippen LogP contribution in [0.1, 0.15) is 72.6 Å². The van der Waals surface area contributed by atoms with Gasteiger partial charge < -0.3 is 0 Å². The van der Waals surface area contributed by atoms with E-state index in [4.69, 9.17) is 0 Å². The Labute approximate surface area is 143 Å². The molecule has 0 aliphatic carbocycles. The molecule has 0 aliphatic heterocycles. The van der Waals surface area contributed by atoms with Crippen LogP contribution in [-0.2, 0) is 9.84 Å². The molecular weight excluding hydrogens is 399 g/mol. The molecule has 0 aromatic rings. The van der Waals surface area contributed by atoms with Gasteiger partial charge in [-0.2, -0.15) is 0 Å². The summed E-state index contributed by atoms with van der Waals surface area (Å²) in [5.74, 6) is 0.325. The van der Waals surface area contributed by atoms with Crippen molar-refractivity contribution >= 4 is 28.2 Å². The molecule has 22 heavy (non-hydrogen) atoms. The standard InChI is InChI=1S/C6H11O2S.3C4H9.Sn/c1-6(2)4-5-9(3,7)8;3*1-3-4-2;/h1,3-5H2,2H3;3*1,3-4H2,2H3;. The van der Waals surface area contributed by atoms with E-state index in [0.717, 1.165) is 5.57 Å². The molecule has 4 heteroatoms. The van der Waals surface area contributed by atoms with Gasteiger partial charge in [-0.1, -0.05) is 0 Å². The molecule has 0 spiro atoms. The van der Waals surface area contributed by atoms with E-state index in [1.807, 2.05) is 6.92 Å². The first-order valence-electron chi connectivity index (χ1n) is 9.15. The zero-order valence-corrected chi connectivity index (χ0v) is 19.1. The van der Waals surface area contributed by atoms with Gasteiger partial charge in [-0.25, -0.2) is 0 Å². The van der Waals surface area contributed by atoms with Gasteiger partial charge in [-0.05, 0) is 0 Å². The summed E-state index contributed by atoms with van der Waals surface area (Å²) in [7, 11) is -2.89. The van der Waals surface area contributed by atoms with E-state index in [0.29, 0.717) is 15.9 Å². The van der Waals surface area contributed by atoms with Crippen molar-refractivity contribution in [3.8, 4) is 0 Å². The molecule has 0 fully saturated rings. The van der Waals surface area contributed by atoms with Crippen LogP contribution in [0.2, 0.25) is 13.3 Å². The monoisotopic (exact) mass is 438 g/mol. The van der Waals surface area contributed by atoms with Crippen LogP contribution in [0.25, 0.3) is 0 Å². The molecule has 0 heterocycles. The van der Waals surface area contributed by atoms with E-state index in [1.54, 1.807) is 0 Å². The van der Waals surface area contributed by atoms with E-state index >= 15 is 0 Å². The van der Waals surface area contributed by atoms with Crippen molar-refractivity contribution < 1.29 is 8.42 Å². The molecular formula is C18H38O2SSn. The molecule has 0 rings (SSSR count). The summed E-state index contributed by atoms with van der Waals surface area (Å²) >= 11 is -2.55. The third kappa shape index (κ3) is 10.3. The van der Waals surface area contributed by atoms with Crippen LogP contribution in [0.4, 0.5) is 0 Å². The van der Waals surface area contributed by atoms with Crippen molar-refractivity contribution in [3.63, 3.8) is 0 Å². The topological polar surface area (TPSA) is 34.1 Å². The summed E-state index contributed by atoms with van der Waals surface area (Å²) < 4.78 is 29.7. The minimum atomic E-state index is -2.89. The van der Waals surface area contributed by atoms with Crippen LogP contribution >= 0.6 is 0 Å². The Bertz CT molecular complexity index is 380. The van der Waals surface area contributed by atoms with Gasteiger partial charge in [0.15, 0.2) is 0 Å². The molecule has 2 nitrogen and oxygen atoms in total. The van der Waals surface area contributed by atoms with Gasteiger partial charge in [-0.15, -0.1) is 0 Å². The second-order valence-corrected chi connectivity index (χ2v) is 24.6. The Hall–Kier alpha value is 0.489. The van der Waals surface area contributed by atoms with Crippen molar-refractivity contribution in [2.75, 3.05) is 9.52 Å². The maximum absolute atomic E-state index is 12.7. The van der Waals surface area contributed by atoms with Crippen molar-refractivity contribution in [2.24, 2.45) is 0 Å². The number of hydrogen-bond donors (Lipinski definition) is 0. The van der Waals surface area contributed by atoms with Crippen LogP contribution < -0.4 is 0 Å². The van der Waals surface area contributed by atoms with Gasteiger partial charge in [0.1, 0.15) is 0 Å². The number of allylic oxidation sites excluding steroid dienone is 1. The molecule has 0 saturated heterocycles. The SMILES string of the molecule is C=C(C)CCS(=O)(=O)[CH2][Sn]([CH2]CCC)([CH2]CCC)[CH2]CCC. The molecule has 0 atom stereocenters. The fourth-order valence-corrected chi connectivity index (χ4v) is 29.8. The Kier molecular flexibility index (Phi) is 12.2. The first-order valence-corrected chi connectivity index (χ1v) is 19.0. The van der Waals surface area contributed by atoms with Gasteiger partial charge in [-0.3, -0.25) is 0 Å². The molecule has 0 aromatic carbocycles. The zero-order valence-electron chi connectivity index (χ0n) is 15.4. The zero-order chi connectivity index (χ0) is 17.1. The number of hydrogen-bond acceptors (Lipinski definition) is 2. The molecule has 0 saturated carbocycles. The summed E-state index contributed by atoms with van der Waals surface area (Å²) in [4.78, 5) is 0. The van der Waals surface area contributed by atoms with Crippen molar-refractivity contribution in [1.82, 2.24) is 0 Å². The Balaban J connectivity index is 5.08. The van der Waals surface area contributed by atoms with Crippen molar-refractivity contribution in [3.05, 3.63) is 12.2 Å². The van der Waals surface area contributed by atoms with Crippen LogP contribution in [-0.4, -0.2) is 36.3 Å². The number of sulfone groups is 1. The molecule has 132 valence electrons. The number of unbranched alkanes of at least 4 members (excludes halogenated alkanes) is 3. The van der Waals surface area contributed by atoms with E-state index in [9.17, 15) is 8.42 Å². The van der Waals surface area contributed by atoms with Crippen LogP contribution in [0.3, 0.4) is 0 Å². The molecule has 0 aromatic heterocycles. The third-order valence-corrected chi connectivity index (χ3v) is 27.5. The van der Waals surface area contributed by atoms with Gasteiger partial charge in [0, 0.05) is 0 Å². The number of rotatable bonds is 14. The average Bonchev–Trinajstić information content (AvgIpc) is 2.46. The molecule has 0 unspecified atom stereocenters. The normalized spacial score (nSPS) is 12.5. The first kappa shape index (κ1) is 22.5. The van der Waals surface area contributed by atoms with Crippen LogP contribution in [0.15, 0.2) is 12.2 Å². The average molecular weight is 437 g/mol. The fraction of sp³-hybridized carbons (Fsp3) is 0.889. The molecule has 0 bridgehead atoms. The van der Waals surface area contributed by atoms with Gasteiger partial charge >= 0.3 is 144 Å². The third-order valence-electron chi connectivity index (χ3n) is 4.55. The molecule has 0 N–H and O–H groups in total. The Morgan fingerprint density at radius 3 is 1.64 bits per heavy atom. The second kappa shape index (κ2) is 11.9. The second-order valence-electron chi connectivity index (χ2n) is 7.11. The Morgan fingerprint density at radius 2 is 1.32 bits per heavy atom. The van der Waals surface area contributed by atoms with E-state index < -0.39 is 28.2 Å². The summed E-state index contributed by atoms with van der Waals surface area (Å²) in [5, 5.41) is 0.